The van der Waals surface area contributed by atoms with E-state index in [0.29, 0.717) is 5.75 Å². The first kappa shape index (κ1) is 20.5. The molecule has 3 aromatic carbocycles. The Balaban J connectivity index is 1.60. The minimum atomic E-state index is -1.04. The molecule has 31 heavy (non-hydrogen) atoms. The Morgan fingerprint density at radius 3 is 2.48 bits per heavy atom. The van der Waals surface area contributed by atoms with E-state index >= 15 is 0 Å². The maximum absolute atomic E-state index is 13.0. The number of benzene rings is 3. The van der Waals surface area contributed by atoms with E-state index < -0.39 is 5.97 Å². The zero-order valence-corrected chi connectivity index (χ0v) is 17.5. The molecule has 0 radical (unpaired) electrons. The lowest BCUT2D eigenvalue weighted by Crippen LogP contribution is -2.36. The summed E-state index contributed by atoms with van der Waals surface area (Å²) in [5.74, 6) is -0.606. The second-order valence-electron chi connectivity index (χ2n) is 7.60. The lowest BCUT2D eigenvalue weighted by molar-refractivity contribution is -0.144. The van der Waals surface area contributed by atoms with Gasteiger partial charge in [-0.25, -0.2) is 0 Å². The van der Waals surface area contributed by atoms with Gasteiger partial charge in [-0.05, 0) is 35.4 Å². The highest BCUT2D eigenvalue weighted by Crippen LogP contribution is 2.28. The maximum atomic E-state index is 13.0. The fourth-order valence-electron chi connectivity index (χ4n) is 3.99. The molecule has 0 aliphatic rings. The van der Waals surface area contributed by atoms with Gasteiger partial charge in [0.25, 0.3) is 0 Å². The summed E-state index contributed by atoms with van der Waals surface area (Å²) in [6.07, 6.45) is 0.134. The summed E-state index contributed by atoms with van der Waals surface area (Å²) in [5.41, 5.74) is 3.85. The molecule has 1 aromatic heterocycles. The molecule has 0 spiro atoms. The van der Waals surface area contributed by atoms with Crippen molar-refractivity contribution >= 4 is 33.7 Å². The topological polar surface area (TPSA) is 71.8 Å². The Bertz CT molecular complexity index is 1280. The minimum absolute atomic E-state index is 0.134. The van der Waals surface area contributed by atoms with E-state index in [1.54, 1.807) is 7.11 Å². The van der Waals surface area contributed by atoms with Crippen molar-refractivity contribution in [3.05, 3.63) is 77.9 Å². The van der Waals surface area contributed by atoms with Crippen molar-refractivity contribution in [1.82, 2.24) is 9.47 Å². The van der Waals surface area contributed by atoms with Crippen LogP contribution in [0.3, 0.4) is 0 Å². The van der Waals surface area contributed by atoms with Crippen molar-refractivity contribution in [2.75, 3.05) is 13.7 Å². The van der Waals surface area contributed by atoms with Crippen LogP contribution in [-0.4, -0.2) is 40.1 Å². The van der Waals surface area contributed by atoms with E-state index in [9.17, 15) is 14.7 Å². The summed E-state index contributed by atoms with van der Waals surface area (Å²) >= 11 is 0. The van der Waals surface area contributed by atoms with Crippen LogP contribution in [-0.2, 0) is 29.6 Å². The van der Waals surface area contributed by atoms with Crippen LogP contribution in [0.1, 0.15) is 11.1 Å². The number of nitrogens with zero attached hydrogens (tertiary/aromatic N) is 2. The predicted octanol–water partition coefficient (Wildman–Crippen LogP) is 4.00. The van der Waals surface area contributed by atoms with E-state index in [1.807, 2.05) is 61.6 Å². The first-order valence-electron chi connectivity index (χ1n) is 10.0. The average molecular weight is 416 g/mol. The molecule has 4 aromatic rings. The molecular weight excluding hydrogens is 392 g/mol. The van der Waals surface area contributed by atoms with Gasteiger partial charge in [-0.15, -0.1) is 0 Å². The second kappa shape index (κ2) is 8.52. The molecule has 6 heteroatoms. The first-order chi connectivity index (χ1) is 15.0. The van der Waals surface area contributed by atoms with Crippen molar-refractivity contribution < 1.29 is 19.4 Å². The zero-order chi connectivity index (χ0) is 22.0. The molecule has 0 bridgehead atoms. The number of rotatable bonds is 7. The molecule has 1 amide bonds. The van der Waals surface area contributed by atoms with Gasteiger partial charge >= 0.3 is 5.97 Å². The molecular formula is C25H24N2O4. The molecule has 158 valence electrons. The Morgan fingerprint density at radius 1 is 0.935 bits per heavy atom. The van der Waals surface area contributed by atoms with E-state index in [1.165, 1.54) is 10.3 Å². The maximum Gasteiger partial charge on any atom is 0.323 e. The van der Waals surface area contributed by atoms with Crippen LogP contribution in [0.2, 0.25) is 0 Å². The van der Waals surface area contributed by atoms with Gasteiger partial charge in [-0.3, -0.25) is 9.59 Å². The smallest absolute Gasteiger partial charge is 0.323 e. The summed E-state index contributed by atoms with van der Waals surface area (Å²) in [4.78, 5) is 25.8. The van der Waals surface area contributed by atoms with Crippen LogP contribution >= 0.6 is 0 Å². The number of aliphatic carboxylic acids is 1. The monoisotopic (exact) mass is 416 g/mol. The Kier molecular flexibility index (Phi) is 5.62. The van der Waals surface area contributed by atoms with E-state index in [4.69, 9.17) is 4.74 Å². The first-order valence-corrected chi connectivity index (χ1v) is 10.0. The zero-order valence-electron chi connectivity index (χ0n) is 17.5. The molecule has 0 aliphatic heterocycles. The Hall–Kier alpha value is -3.80. The number of hydrogen-bond donors (Lipinski definition) is 1. The molecule has 4 rings (SSSR count). The van der Waals surface area contributed by atoms with Gasteiger partial charge in [-0.1, -0.05) is 42.5 Å². The number of para-hydroxylation sites is 1. The van der Waals surface area contributed by atoms with Crippen molar-refractivity contribution in [3.8, 4) is 5.75 Å². The lowest BCUT2D eigenvalue weighted by atomic mass is 10.1. The van der Waals surface area contributed by atoms with E-state index in [2.05, 4.69) is 16.7 Å². The molecule has 0 fully saturated rings. The van der Waals surface area contributed by atoms with Gasteiger partial charge < -0.3 is 19.3 Å². The fourth-order valence-corrected chi connectivity index (χ4v) is 3.99. The van der Waals surface area contributed by atoms with Crippen LogP contribution in [0.5, 0.6) is 5.75 Å². The number of amides is 1. The average Bonchev–Trinajstić information content (AvgIpc) is 3.05. The fraction of sp³-hybridized carbons (Fsp3) is 0.200. The third kappa shape index (κ3) is 4.23. The van der Waals surface area contributed by atoms with Gasteiger partial charge in [-0.2, -0.15) is 0 Å². The van der Waals surface area contributed by atoms with Crippen LogP contribution in [0.25, 0.3) is 21.8 Å². The Labute approximate surface area is 180 Å². The SMILES string of the molecule is COc1cccc(CN(CC(=O)O)C(=O)Cc2ccc3c4ccccc4n(C)c3c2)c1. The van der Waals surface area contributed by atoms with Gasteiger partial charge in [0.1, 0.15) is 12.3 Å². The van der Waals surface area contributed by atoms with Crippen LogP contribution in [0, 0.1) is 0 Å². The molecule has 0 unspecified atom stereocenters. The third-order valence-corrected chi connectivity index (χ3v) is 5.52. The summed E-state index contributed by atoms with van der Waals surface area (Å²) in [6, 6.07) is 21.5. The quantitative estimate of drug-likeness (QED) is 0.494. The summed E-state index contributed by atoms with van der Waals surface area (Å²) in [7, 11) is 3.58. The van der Waals surface area contributed by atoms with Crippen molar-refractivity contribution in [1.29, 1.82) is 0 Å². The number of hydrogen-bond acceptors (Lipinski definition) is 3. The largest absolute Gasteiger partial charge is 0.497 e. The molecule has 0 aliphatic carbocycles. The standard InChI is InChI=1S/C25H24N2O4/c1-26-22-9-4-3-8-20(22)21-11-10-17(13-23(21)26)14-24(28)27(16-25(29)30)15-18-6-5-7-19(12-18)31-2/h3-13H,14-16H2,1-2H3,(H,29,30). The van der Waals surface area contributed by atoms with Gasteiger partial charge in [0.2, 0.25) is 5.91 Å². The third-order valence-electron chi connectivity index (χ3n) is 5.52. The molecule has 1 N–H and O–H groups in total. The molecule has 0 saturated carbocycles. The van der Waals surface area contributed by atoms with Crippen molar-refractivity contribution in [2.24, 2.45) is 7.05 Å². The molecule has 0 atom stereocenters. The number of aryl methyl sites for hydroxylation is 1. The van der Waals surface area contributed by atoms with Crippen molar-refractivity contribution in [2.45, 2.75) is 13.0 Å². The number of carbonyl (C=O) groups is 2. The lowest BCUT2D eigenvalue weighted by Gasteiger charge is -2.21. The second-order valence-corrected chi connectivity index (χ2v) is 7.60. The van der Waals surface area contributed by atoms with Crippen LogP contribution < -0.4 is 4.74 Å². The normalized spacial score (nSPS) is 11.0. The summed E-state index contributed by atoms with van der Waals surface area (Å²) in [5, 5.41) is 11.6. The highest BCUT2D eigenvalue weighted by Gasteiger charge is 2.19. The predicted molar refractivity (Wildman–Crippen MR) is 120 cm³/mol. The Morgan fingerprint density at radius 2 is 1.71 bits per heavy atom. The van der Waals surface area contributed by atoms with Crippen LogP contribution in [0.4, 0.5) is 0 Å². The number of aromatic nitrogens is 1. The van der Waals surface area contributed by atoms with E-state index in [-0.39, 0.29) is 25.4 Å². The molecule has 1 heterocycles. The van der Waals surface area contributed by atoms with Gasteiger partial charge in [0, 0.05) is 35.4 Å². The molecule has 6 nitrogen and oxygen atoms in total. The number of methoxy groups -OCH3 is 1. The molecule has 0 saturated heterocycles. The van der Waals surface area contributed by atoms with Crippen LogP contribution in [0.15, 0.2) is 66.7 Å². The number of carboxylic acids is 1. The van der Waals surface area contributed by atoms with E-state index in [0.717, 1.165) is 27.5 Å². The number of ether oxygens (including phenoxy) is 1. The number of carboxylic acid groups (broad SMARTS) is 1. The van der Waals surface area contributed by atoms with Gasteiger partial charge in [0.15, 0.2) is 0 Å². The summed E-state index contributed by atoms with van der Waals surface area (Å²) in [6.45, 7) is -0.148. The highest BCUT2D eigenvalue weighted by molar-refractivity contribution is 6.08. The van der Waals surface area contributed by atoms with Crippen molar-refractivity contribution in [3.63, 3.8) is 0 Å². The highest BCUT2D eigenvalue weighted by atomic mass is 16.5. The minimum Gasteiger partial charge on any atom is -0.497 e. The number of fused-ring (bicyclic) bond motifs is 3. The summed E-state index contributed by atoms with van der Waals surface area (Å²) < 4.78 is 7.34. The van der Waals surface area contributed by atoms with Gasteiger partial charge in [0.05, 0.1) is 13.5 Å². The number of carbonyl (C=O) groups excluding carboxylic acids is 1.